The third-order valence-corrected chi connectivity index (χ3v) is 2.60. The highest BCUT2D eigenvalue weighted by Crippen LogP contribution is 2.04. The number of nitrogens with zero attached hydrogens (tertiary/aromatic N) is 1. The first-order chi connectivity index (χ1) is 8.54. The molecule has 0 aliphatic carbocycles. The van der Waals surface area contributed by atoms with Gasteiger partial charge in [-0.1, -0.05) is 0 Å². The van der Waals surface area contributed by atoms with Crippen LogP contribution in [0.2, 0.25) is 0 Å². The summed E-state index contributed by atoms with van der Waals surface area (Å²) in [7, 11) is 1.46. The van der Waals surface area contributed by atoms with Gasteiger partial charge in [-0.3, -0.25) is 15.1 Å². The lowest BCUT2D eigenvalue weighted by Crippen LogP contribution is -2.47. The number of carbonyl (C=O) groups excluding carboxylic acids is 2. The van der Waals surface area contributed by atoms with Gasteiger partial charge in [-0.15, -0.1) is 0 Å². The first-order valence-corrected chi connectivity index (χ1v) is 5.70. The summed E-state index contributed by atoms with van der Waals surface area (Å²) in [6.07, 6.45) is 3.48. The number of urea groups is 1. The zero-order valence-electron chi connectivity index (χ0n) is 10.8. The second-order valence-corrected chi connectivity index (χ2v) is 3.97. The molecule has 0 fully saturated rings. The van der Waals surface area contributed by atoms with E-state index in [-0.39, 0.29) is 5.91 Å². The highest BCUT2D eigenvalue weighted by molar-refractivity contribution is 5.96. The third kappa shape index (κ3) is 4.14. The molecule has 3 amide bonds. The van der Waals surface area contributed by atoms with Crippen LogP contribution in [0.5, 0.6) is 0 Å². The number of hydrogen-bond acceptors (Lipinski definition) is 4. The van der Waals surface area contributed by atoms with Crippen molar-refractivity contribution in [1.29, 1.82) is 0 Å². The lowest BCUT2D eigenvalue weighted by molar-refractivity contribution is -0.121. The number of rotatable bonds is 4. The van der Waals surface area contributed by atoms with Gasteiger partial charge in [-0.25, -0.2) is 4.79 Å². The third-order valence-electron chi connectivity index (χ3n) is 2.60. The minimum Gasteiger partial charge on any atom is -0.341 e. The molecule has 0 saturated carbocycles. The lowest BCUT2D eigenvalue weighted by Gasteiger charge is -2.14. The van der Waals surface area contributed by atoms with Gasteiger partial charge in [0.15, 0.2) is 0 Å². The maximum absolute atomic E-state index is 11.6. The highest BCUT2D eigenvalue weighted by Gasteiger charge is 2.14. The van der Waals surface area contributed by atoms with Crippen LogP contribution in [0.1, 0.15) is 18.1 Å². The molecule has 1 heterocycles. The molecule has 0 saturated heterocycles. The van der Waals surface area contributed by atoms with Crippen LogP contribution in [0, 0.1) is 6.92 Å². The van der Waals surface area contributed by atoms with Crippen molar-refractivity contribution in [2.24, 2.45) is 0 Å². The summed E-state index contributed by atoms with van der Waals surface area (Å²) >= 11 is 0. The molecule has 0 bridgehead atoms. The first-order valence-electron chi connectivity index (χ1n) is 5.70. The van der Waals surface area contributed by atoms with Gasteiger partial charge in [-0.2, -0.15) is 0 Å². The van der Waals surface area contributed by atoms with Gasteiger partial charge < -0.3 is 10.6 Å². The number of nitrogens with one attached hydrogen (secondary N) is 3. The normalized spacial score (nSPS) is 11.7. The van der Waals surface area contributed by atoms with E-state index in [1.165, 1.54) is 7.05 Å². The minimum absolute atomic E-state index is 0.365. The Labute approximate surface area is 106 Å². The summed E-state index contributed by atoms with van der Waals surface area (Å²) in [5, 5.41) is 7.58. The summed E-state index contributed by atoms with van der Waals surface area (Å²) in [5.74, 6) is -0.365. The van der Waals surface area contributed by atoms with E-state index < -0.39 is 12.1 Å². The van der Waals surface area contributed by atoms with Crippen LogP contribution in [-0.4, -0.2) is 30.0 Å². The van der Waals surface area contributed by atoms with Crippen molar-refractivity contribution in [3.63, 3.8) is 0 Å². The van der Waals surface area contributed by atoms with Gasteiger partial charge in [-0.05, 0) is 31.0 Å². The molecule has 1 rings (SSSR count). The SMILES string of the molecule is CNC(=O)NC(=O)C(C)NCc1cnccc1C. The Morgan fingerprint density at radius 1 is 1.44 bits per heavy atom. The van der Waals surface area contributed by atoms with Gasteiger partial charge in [0.05, 0.1) is 6.04 Å². The number of amides is 3. The van der Waals surface area contributed by atoms with Crippen LogP contribution in [0.3, 0.4) is 0 Å². The van der Waals surface area contributed by atoms with E-state index in [2.05, 4.69) is 20.9 Å². The summed E-state index contributed by atoms with van der Waals surface area (Å²) in [6, 6.07) is 0.944. The van der Waals surface area contributed by atoms with Gasteiger partial charge >= 0.3 is 6.03 Å². The zero-order chi connectivity index (χ0) is 13.5. The fourth-order valence-electron chi connectivity index (χ4n) is 1.32. The maximum Gasteiger partial charge on any atom is 0.321 e. The predicted octanol–water partition coefficient (Wildman–Crippen LogP) is 0.324. The van der Waals surface area contributed by atoms with Gasteiger partial charge in [0.1, 0.15) is 0 Å². The molecule has 18 heavy (non-hydrogen) atoms. The number of aryl methyl sites for hydroxylation is 1. The van der Waals surface area contributed by atoms with Crippen molar-refractivity contribution in [2.75, 3.05) is 7.05 Å². The van der Waals surface area contributed by atoms with Crippen LogP contribution in [0.15, 0.2) is 18.5 Å². The van der Waals surface area contributed by atoms with E-state index in [1.807, 2.05) is 13.0 Å². The van der Waals surface area contributed by atoms with Crippen molar-refractivity contribution in [2.45, 2.75) is 26.4 Å². The molecule has 1 aromatic heterocycles. The monoisotopic (exact) mass is 250 g/mol. The summed E-state index contributed by atoms with van der Waals surface area (Å²) in [6.45, 7) is 4.21. The van der Waals surface area contributed by atoms with Crippen LogP contribution in [0.4, 0.5) is 4.79 Å². The molecule has 1 unspecified atom stereocenters. The Kier molecular flexibility index (Phi) is 5.26. The Hall–Kier alpha value is -1.95. The average Bonchev–Trinajstić information content (AvgIpc) is 2.37. The summed E-state index contributed by atoms with van der Waals surface area (Å²) in [4.78, 5) is 26.6. The molecule has 0 spiro atoms. The standard InChI is InChI=1S/C12H18N4O2/c1-8-4-5-14-6-10(8)7-15-9(2)11(17)16-12(18)13-3/h4-6,9,15H,7H2,1-3H3,(H2,13,16,17,18). The van der Waals surface area contributed by atoms with Gasteiger partial charge in [0.2, 0.25) is 5.91 Å². The fourth-order valence-corrected chi connectivity index (χ4v) is 1.32. The van der Waals surface area contributed by atoms with Crippen molar-refractivity contribution >= 4 is 11.9 Å². The van der Waals surface area contributed by atoms with E-state index in [4.69, 9.17) is 0 Å². The maximum atomic E-state index is 11.6. The molecule has 3 N–H and O–H groups in total. The Morgan fingerprint density at radius 2 is 2.17 bits per heavy atom. The Morgan fingerprint density at radius 3 is 2.78 bits per heavy atom. The zero-order valence-corrected chi connectivity index (χ0v) is 10.8. The number of aromatic nitrogens is 1. The highest BCUT2D eigenvalue weighted by atomic mass is 16.2. The second-order valence-electron chi connectivity index (χ2n) is 3.97. The predicted molar refractivity (Wildman–Crippen MR) is 67.9 cm³/mol. The molecule has 98 valence electrons. The summed E-state index contributed by atoms with van der Waals surface area (Å²) in [5.41, 5.74) is 2.13. The van der Waals surface area contributed by atoms with Crippen LogP contribution >= 0.6 is 0 Å². The van der Waals surface area contributed by atoms with E-state index in [9.17, 15) is 9.59 Å². The molecule has 1 aromatic rings. The molecule has 0 aliphatic rings. The molecule has 0 radical (unpaired) electrons. The van der Waals surface area contributed by atoms with Gasteiger partial charge in [0, 0.05) is 26.0 Å². The number of hydrogen-bond donors (Lipinski definition) is 3. The fraction of sp³-hybridized carbons (Fsp3) is 0.417. The first kappa shape index (κ1) is 14.1. The minimum atomic E-state index is -0.508. The number of carbonyl (C=O) groups is 2. The molecule has 6 heteroatoms. The van der Waals surface area contributed by atoms with Crippen molar-refractivity contribution in [3.05, 3.63) is 29.6 Å². The largest absolute Gasteiger partial charge is 0.341 e. The molecule has 0 aromatic carbocycles. The average molecular weight is 250 g/mol. The topological polar surface area (TPSA) is 83.1 Å². The van der Waals surface area contributed by atoms with Crippen molar-refractivity contribution < 1.29 is 9.59 Å². The lowest BCUT2D eigenvalue weighted by atomic mass is 10.1. The van der Waals surface area contributed by atoms with Crippen molar-refractivity contribution in [3.8, 4) is 0 Å². The molecule has 0 aliphatic heterocycles. The van der Waals surface area contributed by atoms with E-state index in [0.717, 1.165) is 11.1 Å². The Bertz CT molecular complexity index is 434. The van der Waals surface area contributed by atoms with Gasteiger partial charge in [0.25, 0.3) is 0 Å². The quantitative estimate of drug-likeness (QED) is 0.719. The van der Waals surface area contributed by atoms with E-state index >= 15 is 0 Å². The molecule has 6 nitrogen and oxygen atoms in total. The molecular formula is C12H18N4O2. The van der Waals surface area contributed by atoms with Crippen molar-refractivity contribution in [1.82, 2.24) is 20.9 Å². The Balaban J connectivity index is 2.46. The molecular weight excluding hydrogens is 232 g/mol. The smallest absolute Gasteiger partial charge is 0.321 e. The van der Waals surface area contributed by atoms with Crippen LogP contribution < -0.4 is 16.0 Å². The number of pyridine rings is 1. The van der Waals surface area contributed by atoms with E-state index in [0.29, 0.717) is 6.54 Å². The summed E-state index contributed by atoms with van der Waals surface area (Å²) < 4.78 is 0. The number of imide groups is 1. The molecule has 1 atom stereocenters. The van der Waals surface area contributed by atoms with E-state index in [1.54, 1.807) is 19.3 Å². The van der Waals surface area contributed by atoms with Crippen LogP contribution in [-0.2, 0) is 11.3 Å². The van der Waals surface area contributed by atoms with Crippen LogP contribution in [0.25, 0.3) is 0 Å². The second kappa shape index (κ2) is 6.70.